The average Bonchev–Trinajstić information content (AvgIpc) is 2.71. The summed E-state index contributed by atoms with van der Waals surface area (Å²) in [5, 5.41) is 3.21. The van der Waals surface area contributed by atoms with E-state index in [1.807, 2.05) is 11.5 Å². The quantitative estimate of drug-likeness (QED) is 0.782. The number of nitrogens with zero attached hydrogens (tertiary/aromatic N) is 1. The minimum absolute atomic E-state index is 0.168. The van der Waals surface area contributed by atoms with Gasteiger partial charge in [-0.3, -0.25) is 9.59 Å². The van der Waals surface area contributed by atoms with E-state index in [0.29, 0.717) is 17.3 Å². The Hall–Kier alpha value is -1.49. The summed E-state index contributed by atoms with van der Waals surface area (Å²) in [6.07, 6.45) is 2.81. The van der Waals surface area contributed by atoms with Crippen LogP contribution >= 0.6 is 11.6 Å². The molecule has 0 unspecified atom stereocenters. The predicted octanol–water partition coefficient (Wildman–Crippen LogP) is 2.23. The lowest BCUT2D eigenvalue weighted by Crippen LogP contribution is -2.28. The van der Waals surface area contributed by atoms with Gasteiger partial charge in [0.05, 0.1) is 18.1 Å². The summed E-state index contributed by atoms with van der Waals surface area (Å²) < 4.78 is 6.59. The second-order valence-electron chi connectivity index (χ2n) is 4.05. The molecule has 0 atom stereocenters. The van der Waals surface area contributed by atoms with Gasteiger partial charge in [-0.15, -0.1) is 0 Å². The molecule has 0 bridgehead atoms. The predicted molar refractivity (Wildman–Crippen MR) is 73.3 cm³/mol. The number of hydrogen-bond acceptors (Lipinski definition) is 3. The Morgan fingerprint density at radius 2 is 2.16 bits per heavy atom. The zero-order valence-corrected chi connectivity index (χ0v) is 12.0. The topological polar surface area (TPSA) is 60.3 Å². The van der Waals surface area contributed by atoms with Crippen LogP contribution in [0.5, 0.6) is 0 Å². The van der Waals surface area contributed by atoms with Crippen molar-refractivity contribution >= 4 is 23.5 Å². The van der Waals surface area contributed by atoms with Gasteiger partial charge in [-0.1, -0.05) is 18.5 Å². The molecule has 106 valence electrons. The van der Waals surface area contributed by atoms with Crippen LogP contribution in [0.4, 0.5) is 0 Å². The molecule has 1 rings (SSSR count). The van der Waals surface area contributed by atoms with Gasteiger partial charge < -0.3 is 14.6 Å². The zero-order valence-electron chi connectivity index (χ0n) is 11.2. The SMILES string of the molecule is CCCn1cc(Cl)cc1C(=O)NCCC(=O)OCC. The number of ether oxygens (including phenoxy) is 1. The number of carbonyl (C=O) groups is 2. The van der Waals surface area contributed by atoms with Crippen LogP contribution in [-0.4, -0.2) is 29.6 Å². The van der Waals surface area contributed by atoms with Gasteiger partial charge in [0, 0.05) is 19.3 Å². The van der Waals surface area contributed by atoms with Gasteiger partial charge in [0.25, 0.3) is 5.91 Å². The largest absolute Gasteiger partial charge is 0.466 e. The normalized spacial score (nSPS) is 10.3. The lowest BCUT2D eigenvalue weighted by molar-refractivity contribution is -0.142. The highest BCUT2D eigenvalue weighted by Gasteiger charge is 2.13. The molecule has 1 aromatic rings. The van der Waals surface area contributed by atoms with E-state index in [9.17, 15) is 9.59 Å². The number of amides is 1. The van der Waals surface area contributed by atoms with E-state index in [1.165, 1.54) is 0 Å². The van der Waals surface area contributed by atoms with Crippen molar-refractivity contribution < 1.29 is 14.3 Å². The molecular weight excluding hydrogens is 268 g/mol. The summed E-state index contributed by atoms with van der Waals surface area (Å²) in [6.45, 7) is 5.11. The van der Waals surface area contributed by atoms with Crippen LogP contribution < -0.4 is 5.32 Å². The van der Waals surface area contributed by atoms with E-state index >= 15 is 0 Å². The Morgan fingerprint density at radius 3 is 2.79 bits per heavy atom. The highest BCUT2D eigenvalue weighted by molar-refractivity contribution is 6.31. The highest BCUT2D eigenvalue weighted by atomic mass is 35.5. The van der Waals surface area contributed by atoms with E-state index in [4.69, 9.17) is 16.3 Å². The lowest BCUT2D eigenvalue weighted by Gasteiger charge is -2.08. The number of carbonyl (C=O) groups excluding carboxylic acids is 2. The number of aromatic nitrogens is 1. The summed E-state index contributed by atoms with van der Waals surface area (Å²) in [5.74, 6) is -0.547. The number of nitrogens with one attached hydrogen (secondary N) is 1. The van der Waals surface area contributed by atoms with Crippen LogP contribution in [-0.2, 0) is 16.1 Å². The van der Waals surface area contributed by atoms with Crippen molar-refractivity contribution in [1.82, 2.24) is 9.88 Å². The van der Waals surface area contributed by atoms with Crippen LogP contribution in [0.2, 0.25) is 5.02 Å². The van der Waals surface area contributed by atoms with Crippen molar-refractivity contribution in [2.24, 2.45) is 0 Å². The van der Waals surface area contributed by atoms with Gasteiger partial charge in [-0.05, 0) is 19.4 Å². The highest BCUT2D eigenvalue weighted by Crippen LogP contribution is 2.14. The standard InChI is InChI=1S/C13H19ClN2O3/c1-3-7-16-9-10(14)8-11(16)13(18)15-6-5-12(17)19-4-2/h8-9H,3-7H2,1-2H3,(H,15,18). The molecule has 0 aromatic carbocycles. The monoisotopic (exact) mass is 286 g/mol. The molecule has 1 N–H and O–H groups in total. The van der Waals surface area contributed by atoms with Crippen LogP contribution in [0, 0.1) is 0 Å². The first-order chi connectivity index (χ1) is 9.08. The van der Waals surface area contributed by atoms with Crippen molar-refractivity contribution in [3.05, 3.63) is 23.0 Å². The molecule has 19 heavy (non-hydrogen) atoms. The maximum Gasteiger partial charge on any atom is 0.307 e. The molecule has 0 spiro atoms. The molecule has 1 amide bonds. The summed E-state index contributed by atoms with van der Waals surface area (Å²) in [7, 11) is 0. The first-order valence-corrected chi connectivity index (χ1v) is 6.75. The second kappa shape index (κ2) is 7.84. The van der Waals surface area contributed by atoms with Crippen molar-refractivity contribution in [3.8, 4) is 0 Å². The maximum atomic E-state index is 12.0. The van der Waals surface area contributed by atoms with Crippen LogP contribution in [0.1, 0.15) is 37.2 Å². The molecule has 0 saturated carbocycles. The molecule has 6 heteroatoms. The van der Waals surface area contributed by atoms with Gasteiger partial charge >= 0.3 is 5.97 Å². The van der Waals surface area contributed by atoms with E-state index in [2.05, 4.69) is 5.32 Å². The Balaban J connectivity index is 2.51. The molecule has 1 heterocycles. The minimum Gasteiger partial charge on any atom is -0.466 e. The molecule has 0 aliphatic rings. The molecule has 5 nitrogen and oxygen atoms in total. The summed E-state index contributed by atoms with van der Waals surface area (Å²) >= 11 is 5.90. The van der Waals surface area contributed by atoms with E-state index in [1.54, 1.807) is 19.2 Å². The summed E-state index contributed by atoms with van der Waals surface area (Å²) in [6, 6.07) is 1.62. The molecule has 0 aliphatic carbocycles. The molecule has 0 aliphatic heterocycles. The zero-order chi connectivity index (χ0) is 14.3. The number of rotatable bonds is 7. The molecular formula is C13H19ClN2O3. The van der Waals surface area contributed by atoms with Gasteiger partial charge in [-0.2, -0.15) is 0 Å². The van der Waals surface area contributed by atoms with Gasteiger partial charge in [0.2, 0.25) is 0 Å². The van der Waals surface area contributed by atoms with Gasteiger partial charge in [0.1, 0.15) is 5.69 Å². The molecule has 0 fully saturated rings. The smallest absolute Gasteiger partial charge is 0.307 e. The molecule has 0 radical (unpaired) electrons. The third-order valence-electron chi connectivity index (χ3n) is 2.48. The fourth-order valence-electron chi connectivity index (χ4n) is 1.69. The maximum absolute atomic E-state index is 12.0. The Bertz CT molecular complexity index is 443. The number of aryl methyl sites for hydroxylation is 1. The summed E-state index contributed by atoms with van der Waals surface area (Å²) in [5.41, 5.74) is 0.510. The Labute approximate surface area is 117 Å². The molecule has 0 saturated heterocycles. The number of halogens is 1. The van der Waals surface area contributed by atoms with E-state index in [-0.39, 0.29) is 24.8 Å². The average molecular weight is 287 g/mol. The second-order valence-corrected chi connectivity index (χ2v) is 4.48. The van der Waals surface area contributed by atoms with E-state index in [0.717, 1.165) is 13.0 Å². The van der Waals surface area contributed by atoms with Crippen molar-refractivity contribution in [2.45, 2.75) is 33.2 Å². The Morgan fingerprint density at radius 1 is 1.42 bits per heavy atom. The van der Waals surface area contributed by atoms with Crippen molar-refractivity contribution in [2.75, 3.05) is 13.2 Å². The minimum atomic E-state index is -0.315. The fourth-order valence-corrected chi connectivity index (χ4v) is 1.91. The van der Waals surface area contributed by atoms with Crippen LogP contribution in [0.3, 0.4) is 0 Å². The number of esters is 1. The number of hydrogen-bond donors (Lipinski definition) is 1. The van der Waals surface area contributed by atoms with Crippen molar-refractivity contribution in [1.29, 1.82) is 0 Å². The van der Waals surface area contributed by atoms with Gasteiger partial charge in [0.15, 0.2) is 0 Å². The lowest BCUT2D eigenvalue weighted by atomic mass is 10.3. The van der Waals surface area contributed by atoms with Crippen molar-refractivity contribution in [3.63, 3.8) is 0 Å². The third kappa shape index (κ3) is 4.95. The van der Waals surface area contributed by atoms with Gasteiger partial charge in [-0.25, -0.2) is 0 Å². The summed E-state index contributed by atoms with van der Waals surface area (Å²) in [4.78, 5) is 23.1. The Kier molecular flexibility index (Phi) is 6.42. The fraction of sp³-hybridized carbons (Fsp3) is 0.538. The third-order valence-corrected chi connectivity index (χ3v) is 2.69. The molecule has 1 aromatic heterocycles. The van der Waals surface area contributed by atoms with Crippen LogP contribution in [0.15, 0.2) is 12.3 Å². The van der Waals surface area contributed by atoms with E-state index < -0.39 is 0 Å². The first kappa shape index (κ1) is 15.6. The van der Waals surface area contributed by atoms with Crippen LogP contribution in [0.25, 0.3) is 0 Å². The first-order valence-electron chi connectivity index (χ1n) is 6.38.